The molecule has 0 aliphatic rings. The highest BCUT2D eigenvalue weighted by Gasteiger charge is 2.03. The van der Waals surface area contributed by atoms with Crippen molar-refractivity contribution in [1.82, 2.24) is 4.98 Å². The van der Waals surface area contributed by atoms with Crippen LogP contribution in [0.3, 0.4) is 0 Å². The third kappa shape index (κ3) is 1.72. The van der Waals surface area contributed by atoms with Crippen LogP contribution in [0.1, 0.15) is 0 Å². The Kier molecular flexibility index (Phi) is 2.16. The van der Waals surface area contributed by atoms with E-state index in [2.05, 4.69) is 0 Å². The highest BCUT2D eigenvalue weighted by molar-refractivity contribution is 7.79. The molecule has 1 aromatic rings. The topological polar surface area (TPSA) is 70.2 Å². The Balaban J connectivity index is 3.26. The number of halogens is 1. The van der Waals surface area contributed by atoms with Crippen LogP contribution in [-0.4, -0.2) is 13.7 Å². The Bertz CT molecular complexity index is 348. The lowest BCUT2D eigenvalue weighted by Gasteiger charge is -1.92. The third-order valence-corrected chi connectivity index (χ3v) is 1.67. The molecule has 6 heteroatoms. The van der Waals surface area contributed by atoms with Gasteiger partial charge in [-0.3, -0.25) is 4.79 Å². The number of hydrogen-bond donors (Lipinski definition) is 2. The SMILES string of the molecule is O=c1[nH]cc(S(=O)O)cc1F. The molecule has 60 valence electrons. The molecule has 0 bridgehead atoms. The highest BCUT2D eigenvalue weighted by Crippen LogP contribution is 2.00. The van der Waals surface area contributed by atoms with Gasteiger partial charge in [0.05, 0.1) is 4.90 Å². The molecular formula is C5H4FNO3S. The van der Waals surface area contributed by atoms with Crippen molar-refractivity contribution in [2.75, 3.05) is 0 Å². The van der Waals surface area contributed by atoms with Crippen LogP contribution in [-0.2, 0) is 11.1 Å². The summed E-state index contributed by atoms with van der Waals surface area (Å²) in [6, 6.07) is 0.717. The van der Waals surface area contributed by atoms with Crippen molar-refractivity contribution < 1.29 is 13.2 Å². The van der Waals surface area contributed by atoms with E-state index >= 15 is 0 Å². The first-order valence-electron chi connectivity index (χ1n) is 2.60. The molecule has 1 rings (SSSR count). The van der Waals surface area contributed by atoms with Gasteiger partial charge in [-0.25, -0.2) is 8.60 Å². The molecule has 1 heterocycles. The molecule has 1 unspecified atom stereocenters. The lowest BCUT2D eigenvalue weighted by atomic mass is 10.5. The Morgan fingerprint density at radius 3 is 2.73 bits per heavy atom. The number of pyridine rings is 1. The lowest BCUT2D eigenvalue weighted by Crippen LogP contribution is -2.10. The van der Waals surface area contributed by atoms with Crippen LogP contribution in [0.5, 0.6) is 0 Å². The van der Waals surface area contributed by atoms with E-state index in [1.807, 2.05) is 4.98 Å². The van der Waals surface area contributed by atoms with Gasteiger partial charge in [0.25, 0.3) is 5.56 Å². The van der Waals surface area contributed by atoms with Gasteiger partial charge < -0.3 is 9.54 Å². The van der Waals surface area contributed by atoms with Gasteiger partial charge in [-0.15, -0.1) is 0 Å². The van der Waals surface area contributed by atoms with E-state index in [0.29, 0.717) is 0 Å². The molecule has 0 fully saturated rings. The van der Waals surface area contributed by atoms with Crippen molar-refractivity contribution in [2.24, 2.45) is 0 Å². The average molecular weight is 177 g/mol. The predicted molar refractivity (Wildman–Crippen MR) is 36.1 cm³/mol. The van der Waals surface area contributed by atoms with E-state index in [0.717, 1.165) is 12.3 Å². The quantitative estimate of drug-likeness (QED) is 0.597. The van der Waals surface area contributed by atoms with Crippen molar-refractivity contribution >= 4 is 11.1 Å². The first-order valence-corrected chi connectivity index (χ1v) is 3.71. The van der Waals surface area contributed by atoms with E-state index in [4.69, 9.17) is 4.55 Å². The molecule has 11 heavy (non-hydrogen) atoms. The van der Waals surface area contributed by atoms with Crippen molar-refractivity contribution in [3.05, 3.63) is 28.4 Å². The molecule has 0 saturated heterocycles. The number of hydrogen-bond acceptors (Lipinski definition) is 2. The molecule has 4 nitrogen and oxygen atoms in total. The fourth-order valence-corrected chi connectivity index (χ4v) is 0.903. The highest BCUT2D eigenvalue weighted by atomic mass is 32.2. The molecular weight excluding hydrogens is 173 g/mol. The second-order valence-corrected chi connectivity index (χ2v) is 2.73. The number of aromatic amines is 1. The summed E-state index contributed by atoms with van der Waals surface area (Å²) in [4.78, 5) is 12.2. The first-order chi connectivity index (χ1) is 5.11. The number of aromatic nitrogens is 1. The zero-order chi connectivity index (χ0) is 8.43. The van der Waals surface area contributed by atoms with Gasteiger partial charge in [0.1, 0.15) is 0 Å². The lowest BCUT2D eigenvalue weighted by molar-refractivity contribution is 0.558. The van der Waals surface area contributed by atoms with Crippen LogP contribution >= 0.6 is 0 Å². The van der Waals surface area contributed by atoms with Gasteiger partial charge in [-0.2, -0.15) is 0 Å². The molecule has 0 aliphatic heterocycles. The minimum atomic E-state index is -2.26. The molecule has 0 aromatic carbocycles. The van der Waals surface area contributed by atoms with Crippen molar-refractivity contribution in [3.63, 3.8) is 0 Å². The van der Waals surface area contributed by atoms with E-state index < -0.39 is 22.5 Å². The fourth-order valence-electron chi connectivity index (χ4n) is 0.539. The predicted octanol–water partition coefficient (Wildman–Crippen LogP) is 0.0946. The summed E-state index contributed by atoms with van der Waals surface area (Å²) >= 11 is -2.26. The smallest absolute Gasteiger partial charge is 0.284 e. The Labute approximate surface area is 63.4 Å². The maximum absolute atomic E-state index is 12.4. The van der Waals surface area contributed by atoms with Crippen LogP contribution < -0.4 is 5.56 Å². The monoisotopic (exact) mass is 177 g/mol. The largest absolute Gasteiger partial charge is 0.325 e. The minimum absolute atomic E-state index is 0.165. The molecule has 0 spiro atoms. The number of rotatable bonds is 1. The average Bonchev–Trinajstić information content (AvgIpc) is 1.94. The normalized spacial score (nSPS) is 12.9. The van der Waals surface area contributed by atoms with Crippen LogP contribution in [0.2, 0.25) is 0 Å². The maximum atomic E-state index is 12.4. The van der Waals surface area contributed by atoms with Crippen molar-refractivity contribution in [1.29, 1.82) is 0 Å². The van der Waals surface area contributed by atoms with Crippen LogP contribution in [0, 0.1) is 5.82 Å². The van der Waals surface area contributed by atoms with Gasteiger partial charge in [0.2, 0.25) is 0 Å². The summed E-state index contributed by atoms with van der Waals surface area (Å²) in [5, 5.41) is 0. The van der Waals surface area contributed by atoms with Crippen molar-refractivity contribution in [2.45, 2.75) is 4.90 Å². The minimum Gasteiger partial charge on any atom is -0.325 e. The summed E-state index contributed by atoms with van der Waals surface area (Å²) in [7, 11) is 0. The summed E-state index contributed by atoms with van der Waals surface area (Å²) in [5.74, 6) is -1.06. The van der Waals surface area contributed by atoms with E-state index in [9.17, 15) is 13.4 Å². The Morgan fingerprint density at radius 2 is 2.27 bits per heavy atom. The molecule has 0 amide bonds. The molecule has 1 aromatic heterocycles. The summed E-state index contributed by atoms with van der Waals surface area (Å²) in [6.45, 7) is 0. The molecule has 0 aliphatic carbocycles. The van der Waals surface area contributed by atoms with Crippen LogP contribution in [0.25, 0.3) is 0 Å². The van der Waals surface area contributed by atoms with Crippen LogP contribution in [0.4, 0.5) is 4.39 Å². The van der Waals surface area contributed by atoms with E-state index in [1.54, 1.807) is 0 Å². The van der Waals surface area contributed by atoms with Gasteiger partial charge >= 0.3 is 0 Å². The fraction of sp³-hybridized carbons (Fsp3) is 0. The molecule has 1 atom stereocenters. The van der Waals surface area contributed by atoms with Gasteiger partial charge in [-0.1, -0.05) is 0 Å². The molecule has 0 radical (unpaired) electrons. The Morgan fingerprint density at radius 1 is 1.64 bits per heavy atom. The molecule has 2 N–H and O–H groups in total. The third-order valence-electron chi connectivity index (χ3n) is 1.03. The zero-order valence-corrected chi connectivity index (χ0v) is 6.02. The number of H-pyrrole nitrogens is 1. The summed E-state index contributed by atoms with van der Waals surface area (Å²) in [6.07, 6.45) is 0.988. The van der Waals surface area contributed by atoms with Crippen molar-refractivity contribution in [3.8, 4) is 0 Å². The Hall–Kier alpha value is -1.01. The van der Waals surface area contributed by atoms with Gasteiger partial charge in [0, 0.05) is 6.20 Å². The van der Waals surface area contributed by atoms with E-state index in [1.165, 1.54) is 0 Å². The number of nitrogens with one attached hydrogen (secondary N) is 1. The standard InChI is InChI=1S/C5H4FNO3S/c6-4-1-3(11(9)10)2-7-5(4)8/h1-2H,(H,7,8)(H,9,10). The summed E-state index contributed by atoms with van der Waals surface area (Å²) in [5.41, 5.74) is -0.904. The van der Waals surface area contributed by atoms with Gasteiger partial charge in [-0.05, 0) is 6.07 Å². The second-order valence-electron chi connectivity index (χ2n) is 1.76. The summed E-state index contributed by atoms with van der Waals surface area (Å²) < 4.78 is 31.1. The van der Waals surface area contributed by atoms with E-state index in [-0.39, 0.29) is 4.90 Å². The second kappa shape index (κ2) is 2.93. The van der Waals surface area contributed by atoms with Gasteiger partial charge in [0.15, 0.2) is 16.9 Å². The first kappa shape index (κ1) is 8.09. The zero-order valence-electron chi connectivity index (χ0n) is 5.20. The molecule has 0 saturated carbocycles. The van der Waals surface area contributed by atoms with Crippen LogP contribution in [0.15, 0.2) is 22.0 Å². The maximum Gasteiger partial charge on any atom is 0.284 e.